The van der Waals surface area contributed by atoms with Crippen LogP contribution in [0.1, 0.15) is 45.1 Å². The van der Waals surface area contributed by atoms with Crippen molar-refractivity contribution in [2.24, 2.45) is 0 Å². The van der Waals surface area contributed by atoms with Crippen LogP contribution in [0.2, 0.25) is 0 Å². The van der Waals surface area contributed by atoms with Gasteiger partial charge in [-0.1, -0.05) is 6.07 Å². The molecule has 2 N–H and O–H groups in total. The van der Waals surface area contributed by atoms with E-state index in [4.69, 9.17) is 4.74 Å². The number of benzene rings is 1. The van der Waals surface area contributed by atoms with E-state index in [0.29, 0.717) is 0 Å². The molecule has 19 heavy (non-hydrogen) atoms. The Kier molecular flexibility index (Phi) is 4.54. The summed E-state index contributed by atoms with van der Waals surface area (Å²) in [5.74, 6) is 0.800. The zero-order valence-electron chi connectivity index (χ0n) is 11.4. The normalized spacial score (nSPS) is 24.3. The fourth-order valence-corrected chi connectivity index (χ4v) is 2.79. The molecule has 1 aromatic rings. The van der Waals surface area contributed by atoms with Gasteiger partial charge in [-0.3, -0.25) is 0 Å². The molecule has 2 rings (SSSR count). The highest BCUT2D eigenvalue weighted by Gasteiger charge is 2.22. The van der Waals surface area contributed by atoms with Crippen molar-refractivity contribution >= 4 is 15.9 Å². The smallest absolute Gasteiger partial charge is 0.133 e. The molecule has 1 aliphatic rings. The van der Waals surface area contributed by atoms with Crippen molar-refractivity contribution < 1.29 is 14.9 Å². The van der Waals surface area contributed by atoms with Crippen LogP contribution in [0.15, 0.2) is 22.7 Å². The summed E-state index contributed by atoms with van der Waals surface area (Å²) in [4.78, 5) is 0. The molecule has 1 fully saturated rings. The van der Waals surface area contributed by atoms with E-state index in [2.05, 4.69) is 15.9 Å². The number of aliphatic hydroxyl groups is 2. The van der Waals surface area contributed by atoms with Gasteiger partial charge >= 0.3 is 0 Å². The summed E-state index contributed by atoms with van der Waals surface area (Å²) in [6, 6.07) is 5.67. The number of rotatable bonds is 3. The van der Waals surface area contributed by atoms with Gasteiger partial charge in [0.1, 0.15) is 5.75 Å². The molecule has 0 saturated heterocycles. The van der Waals surface area contributed by atoms with Crippen LogP contribution in [0, 0.1) is 0 Å². The molecule has 0 radical (unpaired) electrons. The summed E-state index contributed by atoms with van der Waals surface area (Å²) in [7, 11) is 0. The monoisotopic (exact) mass is 328 g/mol. The van der Waals surface area contributed by atoms with Gasteiger partial charge in [0.2, 0.25) is 0 Å². The summed E-state index contributed by atoms with van der Waals surface area (Å²) in [5.41, 5.74) is 0.00139. The first-order valence-corrected chi connectivity index (χ1v) is 7.52. The molecule has 106 valence electrons. The van der Waals surface area contributed by atoms with Gasteiger partial charge in [0.05, 0.1) is 22.3 Å². The van der Waals surface area contributed by atoms with E-state index >= 15 is 0 Å². The third-order valence-corrected chi connectivity index (χ3v) is 4.20. The molecule has 0 atom stereocenters. The predicted octanol–water partition coefficient (Wildman–Crippen LogP) is 3.36. The Bertz CT molecular complexity index is 432. The Balaban J connectivity index is 2.05. The number of hydrogen-bond donors (Lipinski definition) is 2. The van der Waals surface area contributed by atoms with Crippen LogP contribution < -0.4 is 4.74 Å². The van der Waals surface area contributed by atoms with Crippen molar-refractivity contribution in [3.05, 3.63) is 28.2 Å². The van der Waals surface area contributed by atoms with Gasteiger partial charge in [-0.05, 0) is 73.2 Å². The average molecular weight is 329 g/mol. The maximum absolute atomic E-state index is 9.97. The number of hydrogen-bond acceptors (Lipinski definition) is 3. The lowest BCUT2D eigenvalue weighted by Gasteiger charge is -2.27. The minimum Gasteiger partial charge on any atom is -0.489 e. The van der Waals surface area contributed by atoms with Crippen LogP contribution in [-0.2, 0) is 5.60 Å². The van der Waals surface area contributed by atoms with Gasteiger partial charge < -0.3 is 14.9 Å². The highest BCUT2D eigenvalue weighted by atomic mass is 79.9. The van der Waals surface area contributed by atoms with Crippen LogP contribution in [0.5, 0.6) is 5.75 Å². The maximum Gasteiger partial charge on any atom is 0.133 e. The SMILES string of the molecule is CC(C)(O)c1ccc(OC2CCC(O)CC2)c(Br)c1. The lowest BCUT2D eigenvalue weighted by Crippen LogP contribution is -2.26. The largest absolute Gasteiger partial charge is 0.489 e. The fourth-order valence-electron chi connectivity index (χ4n) is 2.32. The molecular formula is C15H21BrO3. The van der Waals surface area contributed by atoms with Gasteiger partial charge in [-0.2, -0.15) is 0 Å². The fraction of sp³-hybridized carbons (Fsp3) is 0.600. The van der Waals surface area contributed by atoms with Crippen molar-refractivity contribution in [1.82, 2.24) is 0 Å². The Labute approximate surface area is 122 Å². The quantitative estimate of drug-likeness (QED) is 0.894. The molecule has 0 unspecified atom stereocenters. The maximum atomic E-state index is 9.97. The second-order valence-corrected chi connectivity index (χ2v) is 6.61. The topological polar surface area (TPSA) is 49.7 Å². The molecule has 0 heterocycles. The molecule has 0 aliphatic heterocycles. The van der Waals surface area contributed by atoms with Crippen LogP contribution in [0.25, 0.3) is 0 Å². The van der Waals surface area contributed by atoms with Gasteiger partial charge in [-0.15, -0.1) is 0 Å². The zero-order chi connectivity index (χ0) is 14.0. The summed E-state index contributed by atoms with van der Waals surface area (Å²) in [6.07, 6.45) is 3.41. The van der Waals surface area contributed by atoms with Gasteiger partial charge in [-0.25, -0.2) is 0 Å². The van der Waals surface area contributed by atoms with E-state index in [0.717, 1.165) is 41.5 Å². The molecule has 4 heteroatoms. The second-order valence-electron chi connectivity index (χ2n) is 5.75. The van der Waals surface area contributed by atoms with Crippen molar-refractivity contribution in [1.29, 1.82) is 0 Å². The number of aliphatic hydroxyl groups excluding tert-OH is 1. The molecule has 0 bridgehead atoms. The van der Waals surface area contributed by atoms with Gasteiger partial charge in [0.25, 0.3) is 0 Å². The van der Waals surface area contributed by atoms with E-state index in [-0.39, 0.29) is 12.2 Å². The first-order valence-electron chi connectivity index (χ1n) is 6.73. The molecular weight excluding hydrogens is 308 g/mol. The number of ether oxygens (including phenoxy) is 1. The molecule has 1 aliphatic carbocycles. The van der Waals surface area contributed by atoms with Crippen molar-refractivity contribution in [3.63, 3.8) is 0 Å². The second kappa shape index (κ2) is 5.81. The first-order chi connectivity index (χ1) is 8.86. The van der Waals surface area contributed by atoms with Crippen LogP contribution in [0.3, 0.4) is 0 Å². The Hall–Kier alpha value is -0.580. The minimum atomic E-state index is -0.851. The van der Waals surface area contributed by atoms with Gasteiger partial charge in [0, 0.05) is 0 Å². The Morgan fingerprint density at radius 1 is 1.21 bits per heavy atom. The average Bonchev–Trinajstić information content (AvgIpc) is 2.33. The third kappa shape index (κ3) is 3.94. The zero-order valence-corrected chi connectivity index (χ0v) is 13.0. The summed E-state index contributed by atoms with van der Waals surface area (Å²) in [6.45, 7) is 3.52. The Morgan fingerprint density at radius 3 is 2.37 bits per heavy atom. The predicted molar refractivity (Wildman–Crippen MR) is 78.3 cm³/mol. The van der Waals surface area contributed by atoms with Crippen molar-refractivity contribution in [2.75, 3.05) is 0 Å². The van der Waals surface area contributed by atoms with Gasteiger partial charge in [0.15, 0.2) is 0 Å². The van der Waals surface area contributed by atoms with Crippen LogP contribution in [-0.4, -0.2) is 22.4 Å². The lowest BCUT2D eigenvalue weighted by molar-refractivity contribution is 0.0656. The standard InChI is InChI=1S/C15H21BrO3/c1-15(2,18)10-3-8-14(13(16)9-10)19-12-6-4-11(17)5-7-12/h3,8-9,11-12,17-18H,4-7H2,1-2H3. The van der Waals surface area contributed by atoms with Crippen LogP contribution >= 0.6 is 15.9 Å². The minimum absolute atomic E-state index is 0.166. The molecule has 0 spiro atoms. The summed E-state index contributed by atoms with van der Waals surface area (Å²) >= 11 is 3.49. The molecule has 0 aromatic heterocycles. The van der Waals surface area contributed by atoms with Crippen LogP contribution in [0.4, 0.5) is 0 Å². The van der Waals surface area contributed by atoms with E-state index in [1.165, 1.54) is 0 Å². The van der Waals surface area contributed by atoms with E-state index in [9.17, 15) is 10.2 Å². The number of halogens is 1. The first kappa shape index (κ1) is 14.8. The van der Waals surface area contributed by atoms with E-state index < -0.39 is 5.60 Å². The molecule has 1 saturated carbocycles. The highest BCUT2D eigenvalue weighted by Crippen LogP contribution is 2.33. The Morgan fingerprint density at radius 2 is 1.84 bits per heavy atom. The van der Waals surface area contributed by atoms with E-state index in [1.807, 2.05) is 18.2 Å². The third-order valence-electron chi connectivity index (χ3n) is 3.58. The summed E-state index contributed by atoms with van der Waals surface area (Å²) in [5, 5.41) is 19.4. The lowest BCUT2D eigenvalue weighted by atomic mass is 9.95. The highest BCUT2D eigenvalue weighted by molar-refractivity contribution is 9.10. The molecule has 1 aromatic carbocycles. The van der Waals surface area contributed by atoms with E-state index in [1.54, 1.807) is 13.8 Å². The van der Waals surface area contributed by atoms with Crippen molar-refractivity contribution in [2.45, 2.75) is 57.3 Å². The molecule has 3 nitrogen and oxygen atoms in total. The molecule has 0 amide bonds. The summed E-state index contributed by atoms with van der Waals surface area (Å²) < 4.78 is 6.82. The van der Waals surface area contributed by atoms with Crippen molar-refractivity contribution in [3.8, 4) is 5.75 Å².